The van der Waals surface area contributed by atoms with Crippen LogP contribution < -0.4 is 11.1 Å². The molecule has 0 aliphatic rings. The molecule has 0 radical (unpaired) electrons. The second kappa shape index (κ2) is 9.33. The van der Waals surface area contributed by atoms with Crippen LogP contribution in [0.3, 0.4) is 0 Å². The molecule has 4 nitrogen and oxygen atoms in total. The summed E-state index contributed by atoms with van der Waals surface area (Å²) in [6.45, 7) is 2.76. The van der Waals surface area contributed by atoms with Gasteiger partial charge in [0.25, 0.3) is 0 Å². The SMILES string of the molecule is Cc1cccc(-c2cnc(NC[C@H](N)Cc3ccccc3)cc2-c2ccncc2)c1. The number of nitrogens with zero attached hydrogens (tertiary/aromatic N) is 2. The Morgan fingerprint density at radius 3 is 2.43 bits per heavy atom. The maximum absolute atomic E-state index is 6.34. The molecule has 0 spiro atoms. The number of aryl methyl sites for hydroxylation is 1. The van der Waals surface area contributed by atoms with Gasteiger partial charge in [0.2, 0.25) is 0 Å². The first-order valence-corrected chi connectivity index (χ1v) is 10.2. The average molecular weight is 395 g/mol. The number of pyridine rings is 2. The summed E-state index contributed by atoms with van der Waals surface area (Å²) < 4.78 is 0. The molecule has 0 aliphatic heterocycles. The largest absolute Gasteiger partial charge is 0.368 e. The van der Waals surface area contributed by atoms with Gasteiger partial charge in [-0.25, -0.2) is 4.98 Å². The van der Waals surface area contributed by atoms with Gasteiger partial charge < -0.3 is 11.1 Å². The number of aromatic nitrogens is 2. The van der Waals surface area contributed by atoms with Crippen molar-refractivity contribution in [1.82, 2.24) is 9.97 Å². The zero-order valence-electron chi connectivity index (χ0n) is 17.1. The molecule has 4 rings (SSSR count). The quantitative estimate of drug-likeness (QED) is 0.458. The third kappa shape index (κ3) is 4.91. The normalized spacial score (nSPS) is 11.8. The molecule has 0 bridgehead atoms. The Hall–Kier alpha value is -3.50. The summed E-state index contributed by atoms with van der Waals surface area (Å²) >= 11 is 0. The van der Waals surface area contributed by atoms with Crippen molar-refractivity contribution < 1.29 is 0 Å². The number of hydrogen-bond acceptors (Lipinski definition) is 4. The van der Waals surface area contributed by atoms with E-state index in [0.29, 0.717) is 6.54 Å². The van der Waals surface area contributed by atoms with Gasteiger partial charge in [-0.3, -0.25) is 4.98 Å². The lowest BCUT2D eigenvalue weighted by Crippen LogP contribution is -2.31. The average Bonchev–Trinajstić information content (AvgIpc) is 2.79. The van der Waals surface area contributed by atoms with Crippen LogP contribution >= 0.6 is 0 Å². The molecule has 150 valence electrons. The summed E-state index contributed by atoms with van der Waals surface area (Å²) in [6.07, 6.45) is 6.40. The van der Waals surface area contributed by atoms with E-state index < -0.39 is 0 Å². The summed E-state index contributed by atoms with van der Waals surface area (Å²) in [5.41, 5.74) is 13.3. The van der Waals surface area contributed by atoms with Crippen LogP contribution in [0.1, 0.15) is 11.1 Å². The number of rotatable bonds is 7. The Morgan fingerprint density at radius 1 is 0.867 bits per heavy atom. The van der Waals surface area contributed by atoms with E-state index in [9.17, 15) is 0 Å². The minimum atomic E-state index is 0.00928. The van der Waals surface area contributed by atoms with E-state index in [1.54, 1.807) is 0 Å². The Bertz CT molecular complexity index is 1090. The fourth-order valence-corrected chi connectivity index (χ4v) is 3.59. The predicted molar refractivity (Wildman–Crippen MR) is 124 cm³/mol. The van der Waals surface area contributed by atoms with Crippen molar-refractivity contribution in [2.45, 2.75) is 19.4 Å². The van der Waals surface area contributed by atoms with E-state index in [1.165, 1.54) is 11.1 Å². The molecule has 0 aliphatic carbocycles. The van der Waals surface area contributed by atoms with Crippen LogP contribution in [0, 0.1) is 6.92 Å². The Kier molecular flexibility index (Phi) is 6.16. The molecule has 0 saturated heterocycles. The summed E-state index contributed by atoms with van der Waals surface area (Å²) in [7, 11) is 0. The second-order valence-electron chi connectivity index (χ2n) is 7.55. The van der Waals surface area contributed by atoms with E-state index in [2.05, 4.69) is 64.7 Å². The first-order chi connectivity index (χ1) is 14.7. The second-order valence-corrected chi connectivity index (χ2v) is 7.55. The van der Waals surface area contributed by atoms with Crippen molar-refractivity contribution in [2.24, 2.45) is 5.73 Å². The lowest BCUT2D eigenvalue weighted by atomic mass is 9.96. The molecular formula is C26H26N4. The van der Waals surface area contributed by atoms with Crippen LogP contribution in [0.15, 0.2) is 91.4 Å². The zero-order chi connectivity index (χ0) is 20.8. The van der Waals surface area contributed by atoms with Crippen molar-refractivity contribution in [2.75, 3.05) is 11.9 Å². The topological polar surface area (TPSA) is 63.8 Å². The fourth-order valence-electron chi connectivity index (χ4n) is 3.59. The van der Waals surface area contributed by atoms with E-state index in [0.717, 1.165) is 34.5 Å². The van der Waals surface area contributed by atoms with E-state index in [-0.39, 0.29) is 6.04 Å². The molecule has 30 heavy (non-hydrogen) atoms. The lowest BCUT2D eigenvalue weighted by molar-refractivity contribution is 0.698. The van der Waals surface area contributed by atoms with Gasteiger partial charge in [-0.2, -0.15) is 0 Å². The third-order valence-corrected chi connectivity index (χ3v) is 5.11. The van der Waals surface area contributed by atoms with Gasteiger partial charge in [0.05, 0.1) is 0 Å². The first-order valence-electron chi connectivity index (χ1n) is 10.2. The van der Waals surface area contributed by atoms with Crippen LogP contribution in [0.25, 0.3) is 22.3 Å². The van der Waals surface area contributed by atoms with E-state index in [4.69, 9.17) is 5.73 Å². The van der Waals surface area contributed by atoms with Gasteiger partial charge in [0, 0.05) is 36.7 Å². The molecule has 0 fully saturated rings. The predicted octanol–water partition coefficient (Wildman–Crippen LogP) is 5.10. The third-order valence-electron chi connectivity index (χ3n) is 5.11. The maximum atomic E-state index is 6.34. The van der Waals surface area contributed by atoms with E-state index >= 15 is 0 Å². The molecule has 0 amide bonds. The Labute approximate surface area is 177 Å². The van der Waals surface area contributed by atoms with Gasteiger partial charge in [-0.1, -0.05) is 60.2 Å². The van der Waals surface area contributed by atoms with Crippen molar-refractivity contribution in [3.8, 4) is 22.3 Å². The number of hydrogen-bond donors (Lipinski definition) is 2. The van der Waals surface area contributed by atoms with Crippen molar-refractivity contribution in [3.05, 3.63) is 103 Å². The van der Waals surface area contributed by atoms with Crippen molar-refractivity contribution in [1.29, 1.82) is 0 Å². The van der Waals surface area contributed by atoms with Gasteiger partial charge in [0.1, 0.15) is 5.82 Å². The molecule has 0 saturated carbocycles. The highest BCUT2D eigenvalue weighted by Crippen LogP contribution is 2.33. The minimum Gasteiger partial charge on any atom is -0.368 e. The summed E-state index contributed by atoms with van der Waals surface area (Å²) in [6, 6.07) is 25.0. The number of anilines is 1. The molecule has 4 aromatic rings. The summed E-state index contributed by atoms with van der Waals surface area (Å²) in [5, 5.41) is 3.41. The maximum Gasteiger partial charge on any atom is 0.126 e. The molecular weight excluding hydrogens is 368 g/mol. The molecule has 2 heterocycles. The highest BCUT2D eigenvalue weighted by molar-refractivity contribution is 5.84. The Morgan fingerprint density at radius 2 is 1.67 bits per heavy atom. The molecule has 4 heteroatoms. The number of benzene rings is 2. The van der Waals surface area contributed by atoms with E-state index in [1.807, 2.05) is 48.9 Å². The monoisotopic (exact) mass is 394 g/mol. The summed E-state index contributed by atoms with van der Waals surface area (Å²) in [4.78, 5) is 8.83. The van der Waals surface area contributed by atoms with Crippen molar-refractivity contribution >= 4 is 5.82 Å². The standard InChI is InChI=1S/C26H26N4/c1-19-6-5-9-22(14-19)25-18-30-26(16-24(25)21-10-12-28-13-11-21)29-17-23(27)15-20-7-3-2-4-8-20/h2-14,16,18,23H,15,17,27H2,1H3,(H,29,30)/t23-/m1/s1. The highest BCUT2D eigenvalue weighted by Gasteiger charge is 2.11. The van der Waals surface area contributed by atoms with Gasteiger partial charge in [0.15, 0.2) is 0 Å². The fraction of sp³-hybridized carbons (Fsp3) is 0.154. The van der Waals surface area contributed by atoms with Crippen LogP contribution in [0.4, 0.5) is 5.82 Å². The molecule has 0 unspecified atom stereocenters. The van der Waals surface area contributed by atoms with Crippen molar-refractivity contribution in [3.63, 3.8) is 0 Å². The smallest absolute Gasteiger partial charge is 0.126 e. The van der Waals surface area contributed by atoms with Crippen LogP contribution in [-0.4, -0.2) is 22.6 Å². The Balaban J connectivity index is 1.58. The lowest BCUT2D eigenvalue weighted by Gasteiger charge is -2.16. The minimum absolute atomic E-state index is 0.00928. The molecule has 2 aromatic heterocycles. The highest BCUT2D eigenvalue weighted by atomic mass is 15.0. The van der Waals surface area contributed by atoms with Crippen LogP contribution in [-0.2, 0) is 6.42 Å². The van der Waals surface area contributed by atoms with Crippen LogP contribution in [0.5, 0.6) is 0 Å². The molecule has 1 atom stereocenters. The van der Waals surface area contributed by atoms with Crippen LogP contribution in [0.2, 0.25) is 0 Å². The summed E-state index contributed by atoms with van der Waals surface area (Å²) in [5.74, 6) is 0.821. The molecule has 2 aromatic carbocycles. The van der Waals surface area contributed by atoms with Gasteiger partial charge in [-0.05, 0) is 53.8 Å². The van der Waals surface area contributed by atoms with Gasteiger partial charge in [-0.15, -0.1) is 0 Å². The zero-order valence-corrected chi connectivity index (χ0v) is 17.1. The molecule has 3 N–H and O–H groups in total. The van der Waals surface area contributed by atoms with Gasteiger partial charge >= 0.3 is 0 Å². The number of nitrogens with one attached hydrogen (secondary N) is 1. The number of nitrogens with two attached hydrogens (primary N) is 1. The first kappa shape index (κ1) is 19.8.